The van der Waals surface area contributed by atoms with Crippen LogP contribution < -0.4 is 15.1 Å². The molecule has 140 valence electrons. The number of hydrogen-bond donors (Lipinski definition) is 1. The second-order valence-electron chi connectivity index (χ2n) is 7.80. The predicted octanol–water partition coefficient (Wildman–Crippen LogP) is 2.48. The lowest BCUT2D eigenvalue weighted by Gasteiger charge is -2.35. The van der Waals surface area contributed by atoms with Crippen molar-refractivity contribution in [3.63, 3.8) is 0 Å². The van der Waals surface area contributed by atoms with Gasteiger partial charge in [-0.05, 0) is 19.8 Å². The largest absolute Gasteiger partial charge is 0.335 e. The van der Waals surface area contributed by atoms with Crippen molar-refractivity contribution in [2.75, 3.05) is 34.8 Å². The average molecular weight is 368 g/mol. The maximum absolute atomic E-state index is 13.3. The summed E-state index contributed by atoms with van der Waals surface area (Å²) >= 11 is 0. The summed E-state index contributed by atoms with van der Waals surface area (Å²) < 4.78 is 13.3. The van der Waals surface area contributed by atoms with Crippen LogP contribution in [0.2, 0.25) is 0 Å². The predicted molar refractivity (Wildman–Crippen MR) is 100 cm³/mol. The zero-order valence-electron chi connectivity index (χ0n) is 15.4. The molecule has 4 heterocycles. The Morgan fingerprint density at radius 2 is 2.07 bits per heavy atom. The number of carbonyl (C=O) groups excluding carboxylic acids is 1. The van der Waals surface area contributed by atoms with E-state index < -0.39 is 6.17 Å². The molecule has 8 heteroatoms. The number of rotatable bonds is 3. The van der Waals surface area contributed by atoms with Gasteiger partial charge in [0, 0.05) is 48.5 Å². The van der Waals surface area contributed by atoms with Crippen LogP contribution in [0.25, 0.3) is 0 Å². The third kappa shape index (κ3) is 2.70. The molecule has 1 N–H and O–H groups in total. The van der Waals surface area contributed by atoms with Crippen LogP contribution in [0.4, 0.5) is 27.7 Å². The molecule has 3 aliphatic rings. The Hall–Kier alpha value is -2.77. The molecule has 1 amide bonds. The summed E-state index contributed by atoms with van der Waals surface area (Å²) in [6.07, 6.45) is 3.34. The minimum Gasteiger partial charge on any atom is -0.335 e. The number of nitrogens with one attached hydrogen (secondary N) is 1. The van der Waals surface area contributed by atoms with Gasteiger partial charge in [-0.3, -0.25) is 4.79 Å². The lowest BCUT2D eigenvalue weighted by molar-refractivity contribution is -0.114. The highest BCUT2D eigenvalue weighted by Gasteiger charge is 2.52. The number of fused-ring (bicyclic) bond motifs is 2. The molecule has 27 heavy (non-hydrogen) atoms. The molecule has 7 nitrogen and oxygen atoms in total. The first-order chi connectivity index (χ1) is 12.9. The van der Waals surface area contributed by atoms with E-state index in [1.165, 1.54) is 12.5 Å². The Morgan fingerprint density at radius 1 is 1.30 bits per heavy atom. The summed E-state index contributed by atoms with van der Waals surface area (Å²) in [5.41, 5.74) is 3.23. The molecule has 1 aliphatic carbocycles. The number of nitrogens with zero attached hydrogens (tertiary/aromatic N) is 5. The van der Waals surface area contributed by atoms with Gasteiger partial charge in [0.1, 0.15) is 17.8 Å². The van der Waals surface area contributed by atoms with Gasteiger partial charge < -0.3 is 15.1 Å². The van der Waals surface area contributed by atoms with Crippen molar-refractivity contribution in [3.8, 4) is 0 Å². The van der Waals surface area contributed by atoms with Gasteiger partial charge in [-0.2, -0.15) is 4.98 Å². The molecule has 1 saturated carbocycles. The van der Waals surface area contributed by atoms with E-state index in [-0.39, 0.29) is 11.3 Å². The first-order valence-corrected chi connectivity index (χ1v) is 9.24. The van der Waals surface area contributed by atoms with Crippen molar-refractivity contribution in [1.82, 2.24) is 15.0 Å². The van der Waals surface area contributed by atoms with E-state index in [1.54, 1.807) is 0 Å². The smallest absolute Gasteiger partial charge is 0.227 e. The zero-order valence-corrected chi connectivity index (χ0v) is 15.4. The van der Waals surface area contributed by atoms with E-state index >= 15 is 0 Å². The molecule has 0 aromatic carbocycles. The van der Waals surface area contributed by atoms with Crippen LogP contribution in [0.15, 0.2) is 18.3 Å². The molecule has 1 saturated heterocycles. The monoisotopic (exact) mass is 368 g/mol. The van der Waals surface area contributed by atoms with Crippen molar-refractivity contribution in [1.29, 1.82) is 0 Å². The van der Waals surface area contributed by atoms with Crippen molar-refractivity contribution in [3.05, 3.63) is 29.6 Å². The third-order valence-electron chi connectivity index (χ3n) is 5.59. The molecular weight excluding hydrogens is 347 g/mol. The molecule has 2 aromatic heterocycles. The Kier molecular flexibility index (Phi) is 3.41. The van der Waals surface area contributed by atoms with E-state index in [0.717, 1.165) is 36.6 Å². The summed E-state index contributed by atoms with van der Waals surface area (Å²) in [5.74, 6) is 1.78. The van der Waals surface area contributed by atoms with Gasteiger partial charge in [0.2, 0.25) is 11.9 Å². The highest BCUT2D eigenvalue weighted by atomic mass is 19.1. The Labute approximate surface area is 156 Å². The number of pyridine rings is 1. The topological polar surface area (TPSA) is 74.2 Å². The Morgan fingerprint density at radius 3 is 2.74 bits per heavy atom. The highest BCUT2D eigenvalue weighted by molar-refractivity contribution is 5.89. The number of hydrogen-bond acceptors (Lipinski definition) is 6. The van der Waals surface area contributed by atoms with Crippen LogP contribution in [-0.4, -0.2) is 46.7 Å². The maximum Gasteiger partial charge on any atom is 0.227 e. The number of anilines is 4. The summed E-state index contributed by atoms with van der Waals surface area (Å²) in [5, 5.41) is 2.76. The van der Waals surface area contributed by atoms with Crippen LogP contribution in [0.3, 0.4) is 0 Å². The van der Waals surface area contributed by atoms with Crippen LogP contribution in [-0.2, 0) is 10.2 Å². The highest BCUT2D eigenvalue weighted by Crippen LogP contribution is 2.58. The van der Waals surface area contributed by atoms with Gasteiger partial charge in [0.05, 0.1) is 18.8 Å². The van der Waals surface area contributed by atoms with Crippen molar-refractivity contribution in [2.24, 2.45) is 0 Å². The standard InChI is InChI=1S/C19H21FN6O/c1-11-5-17(24-18(22-11)25-8-13(20)9-25)26-10-19(3-4-19)14-7-21-16(6-15(14)26)23-12(2)27/h5-7,13H,3-4,8-10H2,1-2H3,(H,21,23,27). The third-order valence-corrected chi connectivity index (χ3v) is 5.59. The van der Waals surface area contributed by atoms with Crippen LogP contribution >= 0.6 is 0 Å². The molecule has 0 radical (unpaired) electrons. The van der Waals surface area contributed by atoms with Gasteiger partial charge in [0.15, 0.2) is 0 Å². The number of aromatic nitrogens is 3. The second kappa shape index (κ2) is 5.61. The number of carbonyl (C=O) groups is 1. The maximum atomic E-state index is 13.3. The molecule has 0 atom stereocenters. The van der Waals surface area contributed by atoms with E-state index in [1.807, 2.05) is 30.2 Å². The molecule has 5 rings (SSSR count). The Bertz CT molecular complexity index is 938. The normalized spacial score (nSPS) is 19.8. The first kappa shape index (κ1) is 16.4. The van der Waals surface area contributed by atoms with Gasteiger partial charge >= 0.3 is 0 Å². The molecule has 2 aliphatic heterocycles. The Balaban J connectivity index is 1.54. The fourth-order valence-corrected chi connectivity index (χ4v) is 3.99. The summed E-state index contributed by atoms with van der Waals surface area (Å²) in [6, 6.07) is 3.88. The van der Waals surface area contributed by atoms with Crippen molar-refractivity contribution >= 4 is 29.2 Å². The molecular formula is C19H21FN6O. The lowest BCUT2D eigenvalue weighted by atomic mass is 10.0. The zero-order chi connectivity index (χ0) is 18.8. The number of halogens is 1. The molecule has 0 unspecified atom stereocenters. The molecule has 2 aromatic rings. The quantitative estimate of drug-likeness (QED) is 0.897. The molecule has 2 fully saturated rings. The van der Waals surface area contributed by atoms with E-state index in [9.17, 15) is 9.18 Å². The minimum atomic E-state index is -0.800. The fraction of sp³-hybridized carbons (Fsp3) is 0.474. The summed E-state index contributed by atoms with van der Waals surface area (Å²) in [7, 11) is 0. The van der Waals surface area contributed by atoms with Crippen LogP contribution in [0.5, 0.6) is 0 Å². The molecule has 1 spiro atoms. The second-order valence-corrected chi connectivity index (χ2v) is 7.80. The minimum absolute atomic E-state index is 0.136. The van der Waals surface area contributed by atoms with Crippen LogP contribution in [0, 0.1) is 6.92 Å². The van der Waals surface area contributed by atoms with E-state index in [0.29, 0.717) is 24.9 Å². The van der Waals surface area contributed by atoms with Gasteiger partial charge in [-0.25, -0.2) is 14.4 Å². The molecule has 0 bridgehead atoms. The SMILES string of the molecule is CC(=O)Nc1cc2c(cn1)C1(CC1)CN2c1cc(C)nc(N2CC(F)C2)n1. The average Bonchev–Trinajstić information content (AvgIpc) is 3.28. The van der Waals surface area contributed by atoms with Gasteiger partial charge in [0.25, 0.3) is 0 Å². The number of aryl methyl sites for hydroxylation is 1. The summed E-state index contributed by atoms with van der Waals surface area (Å²) in [6.45, 7) is 4.94. The number of amides is 1. The van der Waals surface area contributed by atoms with Gasteiger partial charge in [-0.1, -0.05) is 0 Å². The summed E-state index contributed by atoms with van der Waals surface area (Å²) in [4.78, 5) is 29.1. The van der Waals surface area contributed by atoms with E-state index in [2.05, 4.69) is 20.2 Å². The van der Waals surface area contributed by atoms with Crippen molar-refractivity contribution < 1.29 is 9.18 Å². The van der Waals surface area contributed by atoms with Gasteiger partial charge in [-0.15, -0.1) is 0 Å². The fourth-order valence-electron chi connectivity index (χ4n) is 3.99. The van der Waals surface area contributed by atoms with Crippen molar-refractivity contribution in [2.45, 2.75) is 38.3 Å². The number of alkyl halides is 1. The lowest BCUT2D eigenvalue weighted by Crippen LogP contribution is -2.49. The van der Waals surface area contributed by atoms with Crippen LogP contribution in [0.1, 0.15) is 31.0 Å². The van der Waals surface area contributed by atoms with E-state index in [4.69, 9.17) is 4.98 Å². The first-order valence-electron chi connectivity index (χ1n) is 9.24.